The van der Waals surface area contributed by atoms with Crippen LogP contribution in [0.25, 0.3) is 16.5 Å². The molecular weight excluding hydrogens is 388 g/mol. The van der Waals surface area contributed by atoms with Gasteiger partial charge in [0, 0.05) is 6.07 Å². The van der Waals surface area contributed by atoms with Gasteiger partial charge in [-0.25, -0.2) is 22.6 Å². The zero-order valence-corrected chi connectivity index (χ0v) is 16.3. The second kappa shape index (κ2) is 7.40. The molecule has 2 amide bonds. The average molecular weight is 406 g/mol. The van der Waals surface area contributed by atoms with Crippen LogP contribution in [0.1, 0.15) is 5.69 Å². The number of amides is 2. The molecule has 0 atom stereocenters. The van der Waals surface area contributed by atoms with Gasteiger partial charge >= 0.3 is 6.03 Å². The summed E-state index contributed by atoms with van der Waals surface area (Å²) in [6.07, 6.45) is 0. The molecule has 29 heavy (non-hydrogen) atoms. The Morgan fingerprint density at radius 2 is 1.59 bits per heavy atom. The molecule has 2 N–H and O–H groups in total. The molecule has 4 rings (SSSR count). The van der Waals surface area contributed by atoms with E-state index >= 15 is 0 Å². The highest BCUT2D eigenvalue weighted by atomic mass is 32.2. The van der Waals surface area contributed by atoms with Crippen LogP contribution in [0.3, 0.4) is 0 Å². The highest BCUT2D eigenvalue weighted by molar-refractivity contribution is 7.90. The van der Waals surface area contributed by atoms with Crippen molar-refractivity contribution in [2.75, 3.05) is 5.32 Å². The Labute approximate surface area is 168 Å². The summed E-state index contributed by atoms with van der Waals surface area (Å²) in [5.74, 6) is 0.361. The molecule has 1 aromatic heterocycles. The Morgan fingerprint density at radius 3 is 2.34 bits per heavy atom. The van der Waals surface area contributed by atoms with Crippen molar-refractivity contribution in [3.63, 3.8) is 0 Å². The number of hydrogen-bond donors (Lipinski definition) is 2. The number of aromatic nitrogens is 2. The largest absolute Gasteiger partial charge is 0.334 e. The van der Waals surface area contributed by atoms with E-state index in [-0.39, 0.29) is 4.90 Å². The van der Waals surface area contributed by atoms with Crippen molar-refractivity contribution in [3.8, 4) is 5.69 Å². The molecule has 4 aromatic rings. The van der Waals surface area contributed by atoms with Gasteiger partial charge in [0.1, 0.15) is 5.82 Å². The number of fused-ring (bicyclic) bond motifs is 1. The van der Waals surface area contributed by atoms with E-state index in [0.717, 1.165) is 16.5 Å². The quantitative estimate of drug-likeness (QED) is 0.538. The molecule has 7 nitrogen and oxygen atoms in total. The lowest BCUT2D eigenvalue weighted by Crippen LogP contribution is -2.34. The van der Waals surface area contributed by atoms with Gasteiger partial charge in [0.15, 0.2) is 0 Å². The fourth-order valence-electron chi connectivity index (χ4n) is 3.01. The van der Waals surface area contributed by atoms with Crippen molar-refractivity contribution >= 4 is 32.6 Å². The summed E-state index contributed by atoms with van der Waals surface area (Å²) in [6.45, 7) is 1.79. The number of carbonyl (C=O) groups excluding carboxylic acids is 1. The summed E-state index contributed by atoms with van der Waals surface area (Å²) >= 11 is 0. The van der Waals surface area contributed by atoms with Crippen molar-refractivity contribution in [1.29, 1.82) is 0 Å². The van der Waals surface area contributed by atoms with E-state index in [1.54, 1.807) is 19.1 Å². The van der Waals surface area contributed by atoms with Crippen molar-refractivity contribution < 1.29 is 13.2 Å². The summed E-state index contributed by atoms with van der Waals surface area (Å²) in [6, 6.07) is 22.1. The Kier molecular flexibility index (Phi) is 4.77. The summed E-state index contributed by atoms with van der Waals surface area (Å²) in [5, 5.41) is 8.60. The van der Waals surface area contributed by atoms with Crippen LogP contribution in [0.4, 0.5) is 10.6 Å². The maximum Gasteiger partial charge on any atom is 0.334 e. The molecule has 0 fully saturated rings. The first-order valence-corrected chi connectivity index (χ1v) is 10.4. The van der Waals surface area contributed by atoms with Crippen LogP contribution < -0.4 is 10.0 Å². The van der Waals surface area contributed by atoms with Crippen LogP contribution in [-0.4, -0.2) is 24.2 Å². The fraction of sp³-hybridized carbons (Fsp3) is 0.0476. The van der Waals surface area contributed by atoms with Gasteiger partial charge in [-0.15, -0.1) is 0 Å². The first-order chi connectivity index (χ1) is 13.9. The number of nitrogens with zero attached hydrogens (tertiary/aromatic N) is 2. The number of carbonyl (C=O) groups is 1. The second-order valence-electron chi connectivity index (χ2n) is 6.49. The molecule has 0 unspecified atom stereocenters. The zero-order valence-electron chi connectivity index (χ0n) is 15.5. The standard InChI is InChI=1S/C21H18N4O3S/c1-15-13-20(25(23-15)18-9-3-2-4-10-18)22-21(26)24-29(27,28)19-12-11-16-7-5-6-8-17(16)14-19/h2-14H,1H3,(H2,22,24,26). The minimum atomic E-state index is -4.03. The van der Waals surface area contributed by atoms with Gasteiger partial charge in [0.05, 0.1) is 16.3 Å². The van der Waals surface area contributed by atoms with Crippen LogP contribution in [0.15, 0.2) is 83.8 Å². The van der Waals surface area contributed by atoms with Crippen LogP contribution in [-0.2, 0) is 10.0 Å². The SMILES string of the molecule is Cc1cc(NC(=O)NS(=O)(=O)c2ccc3ccccc3c2)n(-c2ccccc2)n1. The lowest BCUT2D eigenvalue weighted by molar-refractivity contribution is 0.256. The molecule has 0 spiro atoms. The minimum absolute atomic E-state index is 0.0131. The van der Waals surface area contributed by atoms with E-state index in [4.69, 9.17) is 0 Å². The molecule has 146 valence electrons. The predicted molar refractivity (Wildman–Crippen MR) is 112 cm³/mol. The maximum absolute atomic E-state index is 12.6. The Balaban J connectivity index is 1.56. The van der Waals surface area contributed by atoms with E-state index in [0.29, 0.717) is 11.5 Å². The molecular formula is C21H18N4O3S. The number of aryl methyl sites for hydroxylation is 1. The third kappa shape index (κ3) is 3.97. The lowest BCUT2D eigenvalue weighted by atomic mass is 10.1. The molecule has 0 saturated heterocycles. The van der Waals surface area contributed by atoms with Crippen molar-refractivity contribution in [2.24, 2.45) is 0 Å². The van der Waals surface area contributed by atoms with Crippen molar-refractivity contribution in [2.45, 2.75) is 11.8 Å². The van der Waals surface area contributed by atoms with Crippen LogP contribution in [0.2, 0.25) is 0 Å². The lowest BCUT2D eigenvalue weighted by Gasteiger charge is -2.11. The Hall–Kier alpha value is -3.65. The first-order valence-electron chi connectivity index (χ1n) is 8.87. The summed E-state index contributed by atoms with van der Waals surface area (Å²) < 4.78 is 28.9. The number of urea groups is 1. The zero-order chi connectivity index (χ0) is 20.4. The molecule has 1 heterocycles. The van der Waals surface area contributed by atoms with Gasteiger partial charge in [0.25, 0.3) is 10.0 Å². The van der Waals surface area contributed by atoms with Gasteiger partial charge in [-0.3, -0.25) is 5.32 Å². The summed E-state index contributed by atoms with van der Waals surface area (Å²) in [4.78, 5) is 12.4. The van der Waals surface area contributed by atoms with E-state index in [1.807, 2.05) is 54.6 Å². The highest BCUT2D eigenvalue weighted by Crippen LogP contribution is 2.20. The first kappa shape index (κ1) is 18.7. The third-order valence-electron chi connectivity index (χ3n) is 4.33. The minimum Gasteiger partial charge on any atom is -0.291 e. The summed E-state index contributed by atoms with van der Waals surface area (Å²) in [7, 11) is -4.03. The highest BCUT2D eigenvalue weighted by Gasteiger charge is 2.19. The number of hydrogen-bond acceptors (Lipinski definition) is 4. The van der Waals surface area contributed by atoms with Crippen LogP contribution >= 0.6 is 0 Å². The number of nitrogens with one attached hydrogen (secondary N) is 2. The van der Waals surface area contributed by atoms with Gasteiger partial charge < -0.3 is 0 Å². The monoisotopic (exact) mass is 406 g/mol. The van der Waals surface area contributed by atoms with E-state index in [9.17, 15) is 13.2 Å². The van der Waals surface area contributed by atoms with Gasteiger partial charge in [-0.1, -0.05) is 48.5 Å². The number of sulfonamides is 1. The van der Waals surface area contributed by atoms with Crippen molar-refractivity contribution in [1.82, 2.24) is 14.5 Å². The molecule has 8 heteroatoms. The van der Waals surface area contributed by atoms with E-state index in [2.05, 4.69) is 15.1 Å². The van der Waals surface area contributed by atoms with E-state index < -0.39 is 16.1 Å². The third-order valence-corrected chi connectivity index (χ3v) is 5.66. The number of para-hydroxylation sites is 1. The van der Waals surface area contributed by atoms with Crippen LogP contribution in [0.5, 0.6) is 0 Å². The normalized spacial score (nSPS) is 11.3. The molecule has 0 radical (unpaired) electrons. The Bertz CT molecular complexity index is 1300. The predicted octanol–water partition coefficient (Wildman–Crippen LogP) is 3.84. The topological polar surface area (TPSA) is 93.1 Å². The fourth-order valence-corrected chi connectivity index (χ4v) is 3.95. The van der Waals surface area contributed by atoms with Gasteiger partial charge in [0.2, 0.25) is 0 Å². The summed E-state index contributed by atoms with van der Waals surface area (Å²) in [5.41, 5.74) is 1.43. The van der Waals surface area contributed by atoms with Crippen molar-refractivity contribution in [3.05, 3.63) is 84.6 Å². The second-order valence-corrected chi connectivity index (χ2v) is 8.17. The maximum atomic E-state index is 12.6. The number of rotatable bonds is 4. The number of anilines is 1. The van der Waals surface area contributed by atoms with Gasteiger partial charge in [-0.2, -0.15) is 5.10 Å². The average Bonchev–Trinajstić information content (AvgIpc) is 3.07. The molecule has 0 bridgehead atoms. The van der Waals surface area contributed by atoms with Gasteiger partial charge in [-0.05, 0) is 42.0 Å². The molecule has 0 aliphatic rings. The molecule has 0 saturated carbocycles. The Morgan fingerprint density at radius 1 is 0.897 bits per heavy atom. The van der Waals surface area contributed by atoms with E-state index in [1.165, 1.54) is 16.8 Å². The smallest absolute Gasteiger partial charge is 0.291 e. The molecule has 0 aliphatic heterocycles. The number of benzene rings is 3. The molecule has 3 aromatic carbocycles. The molecule has 0 aliphatic carbocycles. The van der Waals surface area contributed by atoms with Crippen LogP contribution in [0, 0.1) is 6.92 Å².